The van der Waals surface area contributed by atoms with E-state index in [1.165, 1.54) is 19.3 Å². The van der Waals surface area contributed by atoms with Crippen molar-refractivity contribution in [1.29, 1.82) is 5.26 Å². The van der Waals surface area contributed by atoms with Gasteiger partial charge in [0.05, 0.1) is 5.56 Å². The fraction of sp³-hybridized carbons (Fsp3) is 0.632. The van der Waals surface area contributed by atoms with Gasteiger partial charge >= 0.3 is 6.03 Å². The first-order valence-corrected chi connectivity index (χ1v) is 9.43. The van der Waals surface area contributed by atoms with E-state index in [0.29, 0.717) is 5.56 Å². The normalized spacial score (nSPS) is 19.6. The molecule has 0 atom stereocenters. The summed E-state index contributed by atoms with van der Waals surface area (Å²) in [6.07, 6.45) is 9.50. The Morgan fingerprint density at radius 2 is 1.76 bits per heavy atom. The van der Waals surface area contributed by atoms with Gasteiger partial charge in [-0.2, -0.15) is 5.26 Å². The van der Waals surface area contributed by atoms with Gasteiger partial charge in [0.25, 0.3) is 0 Å². The van der Waals surface area contributed by atoms with Crippen LogP contribution in [0, 0.1) is 11.3 Å². The van der Waals surface area contributed by atoms with Gasteiger partial charge in [0.1, 0.15) is 11.9 Å². The molecule has 0 aliphatic carbocycles. The minimum absolute atomic E-state index is 0.108. The first kappa shape index (κ1) is 17.5. The zero-order valence-electron chi connectivity index (χ0n) is 14.8. The van der Waals surface area contributed by atoms with Crippen LogP contribution in [-0.4, -0.2) is 48.1 Å². The second-order valence-corrected chi connectivity index (χ2v) is 6.98. The van der Waals surface area contributed by atoms with Crippen molar-refractivity contribution in [2.24, 2.45) is 0 Å². The van der Waals surface area contributed by atoms with Crippen LogP contribution < -0.4 is 10.2 Å². The second-order valence-electron chi connectivity index (χ2n) is 6.98. The van der Waals surface area contributed by atoms with Crippen molar-refractivity contribution >= 4 is 11.8 Å². The maximum absolute atomic E-state index is 12.5. The molecule has 0 aromatic carbocycles. The van der Waals surface area contributed by atoms with Crippen LogP contribution >= 0.6 is 0 Å². The lowest BCUT2D eigenvalue weighted by Gasteiger charge is -2.34. The van der Waals surface area contributed by atoms with Crippen molar-refractivity contribution in [3.63, 3.8) is 0 Å². The van der Waals surface area contributed by atoms with E-state index in [2.05, 4.69) is 21.3 Å². The van der Waals surface area contributed by atoms with E-state index >= 15 is 0 Å². The molecule has 1 aromatic heterocycles. The van der Waals surface area contributed by atoms with Crippen LogP contribution in [-0.2, 0) is 0 Å². The highest BCUT2D eigenvalue weighted by Crippen LogP contribution is 2.18. The summed E-state index contributed by atoms with van der Waals surface area (Å²) in [4.78, 5) is 21.1. The molecule has 2 aliphatic heterocycles. The molecule has 2 amide bonds. The number of hydrogen-bond acceptors (Lipinski definition) is 4. The third kappa shape index (κ3) is 4.85. The molecule has 3 rings (SSSR count). The summed E-state index contributed by atoms with van der Waals surface area (Å²) in [5.74, 6) is 0.910. The summed E-state index contributed by atoms with van der Waals surface area (Å²) in [5, 5.41) is 12.1. The largest absolute Gasteiger partial charge is 0.356 e. The summed E-state index contributed by atoms with van der Waals surface area (Å²) in [6.45, 7) is 3.54. The van der Waals surface area contributed by atoms with Gasteiger partial charge in [0.2, 0.25) is 0 Å². The maximum Gasteiger partial charge on any atom is 0.317 e. The summed E-state index contributed by atoms with van der Waals surface area (Å²) in [5.41, 5.74) is 0.583. The number of hydrogen-bond donors (Lipinski definition) is 1. The Morgan fingerprint density at radius 1 is 1.08 bits per heavy atom. The van der Waals surface area contributed by atoms with E-state index in [1.54, 1.807) is 12.3 Å². The van der Waals surface area contributed by atoms with Gasteiger partial charge in [-0.3, -0.25) is 0 Å². The van der Waals surface area contributed by atoms with Crippen LogP contribution in [0.2, 0.25) is 0 Å². The van der Waals surface area contributed by atoms with Gasteiger partial charge < -0.3 is 15.1 Å². The fourth-order valence-electron chi connectivity index (χ4n) is 3.61. The Balaban J connectivity index is 1.46. The quantitative estimate of drug-likeness (QED) is 0.898. The summed E-state index contributed by atoms with van der Waals surface area (Å²) in [6, 6.07) is 6.15. The van der Waals surface area contributed by atoms with Crippen LogP contribution in [0.5, 0.6) is 0 Å². The molecule has 6 nitrogen and oxygen atoms in total. The average Bonchev–Trinajstić information content (AvgIpc) is 2.62. The van der Waals surface area contributed by atoms with E-state index in [4.69, 9.17) is 5.26 Å². The highest BCUT2D eigenvalue weighted by atomic mass is 16.2. The molecule has 0 spiro atoms. The molecule has 134 valence electrons. The molecule has 0 radical (unpaired) electrons. The van der Waals surface area contributed by atoms with Crippen LogP contribution in [0.25, 0.3) is 0 Å². The lowest BCUT2D eigenvalue weighted by atomic mass is 10.0. The Bertz CT molecular complexity index is 593. The topological polar surface area (TPSA) is 72.3 Å². The van der Waals surface area contributed by atoms with E-state index < -0.39 is 0 Å². The summed E-state index contributed by atoms with van der Waals surface area (Å²) in [7, 11) is 0. The van der Waals surface area contributed by atoms with E-state index in [1.807, 2.05) is 11.0 Å². The average molecular weight is 341 g/mol. The molecule has 0 unspecified atom stereocenters. The number of aromatic nitrogens is 1. The Kier molecular flexibility index (Phi) is 6.10. The highest BCUT2D eigenvalue weighted by Gasteiger charge is 2.23. The van der Waals surface area contributed by atoms with E-state index in [9.17, 15) is 4.79 Å². The van der Waals surface area contributed by atoms with Crippen LogP contribution in [0.15, 0.2) is 18.3 Å². The number of nitrogens with zero attached hydrogens (tertiary/aromatic N) is 4. The van der Waals surface area contributed by atoms with Gasteiger partial charge in [0, 0.05) is 38.4 Å². The predicted molar refractivity (Wildman–Crippen MR) is 97.4 cm³/mol. The first-order valence-electron chi connectivity index (χ1n) is 9.43. The molecule has 25 heavy (non-hydrogen) atoms. The van der Waals surface area contributed by atoms with Crippen molar-refractivity contribution in [3.8, 4) is 6.07 Å². The third-order valence-corrected chi connectivity index (χ3v) is 5.17. The van der Waals surface area contributed by atoms with Crippen LogP contribution in [0.1, 0.15) is 50.5 Å². The molecule has 2 aliphatic rings. The first-order chi connectivity index (χ1) is 12.3. The molecule has 1 aromatic rings. The Morgan fingerprint density at radius 3 is 2.36 bits per heavy atom. The number of nitrogens with one attached hydrogen (secondary N) is 1. The summed E-state index contributed by atoms with van der Waals surface area (Å²) < 4.78 is 0. The zero-order valence-corrected chi connectivity index (χ0v) is 14.8. The second kappa shape index (κ2) is 8.70. The van der Waals surface area contributed by atoms with Gasteiger partial charge in [0.15, 0.2) is 0 Å². The van der Waals surface area contributed by atoms with Crippen LogP contribution in [0.4, 0.5) is 10.6 Å². The molecule has 2 fully saturated rings. The zero-order chi connectivity index (χ0) is 17.5. The van der Waals surface area contributed by atoms with Crippen molar-refractivity contribution in [1.82, 2.24) is 15.2 Å². The smallest absolute Gasteiger partial charge is 0.317 e. The van der Waals surface area contributed by atoms with E-state index in [-0.39, 0.29) is 12.1 Å². The molecule has 0 bridgehead atoms. The summed E-state index contributed by atoms with van der Waals surface area (Å²) >= 11 is 0. The Hall–Kier alpha value is -2.29. The van der Waals surface area contributed by atoms with Gasteiger partial charge in [-0.1, -0.05) is 19.3 Å². The molecule has 3 heterocycles. The molecular weight excluding hydrogens is 314 g/mol. The number of rotatable bonds is 2. The maximum atomic E-state index is 12.5. The number of likely N-dealkylation sites (tertiary alicyclic amines) is 1. The molecular formula is C19H27N5O. The monoisotopic (exact) mass is 341 g/mol. The van der Waals surface area contributed by atoms with Gasteiger partial charge in [-0.05, 0) is 37.8 Å². The minimum atomic E-state index is 0.108. The minimum Gasteiger partial charge on any atom is -0.356 e. The number of urea groups is 1. The molecule has 2 saturated heterocycles. The number of carbonyl (C=O) groups is 1. The van der Waals surface area contributed by atoms with E-state index in [0.717, 1.165) is 57.7 Å². The van der Waals surface area contributed by atoms with Crippen molar-refractivity contribution in [3.05, 3.63) is 23.9 Å². The number of pyridine rings is 1. The molecule has 6 heteroatoms. The lowest BCUT2D eigenvalue weighted by Crippen LogP contribution is -2.50. The van der Waals surface area contributed by atoms with Crippen LogP contribution in [0.3, 0.4) is 0 Å². The third-order valence-electron chi connectivity index (χ3n) is 5.17. The Labute approximate surface area is 149 Å². The number of nitriles is 1. The van der Waals surface area contributed by atoms with Crippen molar-refractivity contribution < 1.29 is 4.79 Å². The fourth-order valence-corrected chi connectivity index (χ4v) is 3.61. The standard InChI is InChI=1S/C19H27N5O/c20-14-16-6-7-18(21-15-16)23-12-8-17(9-13-23)22-19(25)24-10-4-2-1-3-5-11-24/h6-7,15,17H,1-5,8-13H2,(H,22,25). The van der Waals surface area contributed by atoms with Gasteiger partial charge in [-0.25, -0.2) is 9.78 Å². The molecule has 0 saturated carbocycles. The molecule has 1 N–H and O–H groups in total. The lowest BCUT2D eigenvalue weighted by molar-refractivity contribution is 0.186. The number of carbonyl (C=O) groups excluding carboxylic acids is 1. The highest BCUT2D eigenvalue weighted by molar-refractivity contribution is 5.74. The SMILES string of the molecule is N#Cc1ccc(N2CCC(NC(=O)N3CCCCCCC3)CC2)nc1. The number of anilines is 1. The number of piperidine rings is 1. The van der Waals surface area contributed by atoms with Crippen molar-refractivity contribution in [2.75, 3.05) is 31.1 Å². The number of amides is 2. The predicted octanol–water partition coefficient (Wildman–Crippen LogP) is 2.90. The van der Waals surface area contributed by atoms with Crippen molar-refractivity contribution in [2.45, 2.75) is 51.0 Å². The van der Waals surface area contributed by atoms with Gasteiger partial charge in [-0.15, -0.1) is 0 Å².